The number of benzene rings is 1. The molecule has 0 spiro atoms. The zero-order chi connectivity index (χ0) is 13.8. The van der Waals surface area contributed by atoms with E-state index in [0.717, 1.165) is 13.0 Å². The smallest absolute Gasteiger partial charge is 0.407 e. The Balaban J connectivity index is 1.91. The molecule has 1 aliphatic heterocycles. The summed E-state index contributed by atoms with van der Waals surface area (Å²) in [5.74, 6) is -0.276. The number of likely N-dealkylation sites (tertiary alicyclic amines) is 1. The van der Waals surface area contributed by atoms with Gasteiger partial charge in [0.25, 0.3) is 0 Å². The summed E-state index contributed by atoms with van der Waals surface area (Å²) in [6, 6.07) is 3.94. The van der Waals surface area contributed by atoms with Gasteiger partial charge in [0.15, 0.2) is 0 Å². The van der Waals surface area contributed by atoms with Gasteiger partial charge in [0.1, 0.15) is 11.6 Å². The normalized spacial score (nSPS) is 19.4. The number of phenols is 1. The standard InChI is InChI=1S/C13H17FN2O3/c1-19-13(18)15-11-4-5-16(8-11)7-9-6-10(14)2-3-12(9)17/h2-3,6,11,17H,4-5,7-8H2,1H3,(H,15,18). The van der Waals surface area contributed by atoms with E-state index < -0.39 is 6.09 Å². The van der Waals surface area contributed by atoms with E-state index in [1.54, 1.807) is 0 Å². The van der Waals surface area contributed by atoms with Crippen molar-refractivity contribution >= 4 is 6.09 Å². The number of hydrogen-bond donors (Lipinski definition) is 2. The van der Waals surface area contributed by atoms with E-state index in [4.69, 9.17) is 0 Å². The van der Waals surface area contributed by atoms with Crippen LogP contribution in [0.25, 0.3) is 0 Å². The van der Waals surface area contributed by atoms with Gasteiger partial charge in [0.2, 0.25) is 0 Å². The number of hydrogen-bond acceptors (Lipinski definition) is 4. The number of amides is 1. The predicted molar refractivity (Wildman–Crippen MR) is 67.3 cm³/mol. The van der Waals surface area contributed by atoms with Gasteiger partial charge in [0, 0.05) is 31.2 Å². The molecule has 2 rings (SSSR count). The fraction of sp³-hybridized carbons (Fsp3) is 0.462. The molecule has 1 unspecified atom stereocenters. The Kier molecular flexibility index (Phi) is 4.21. The van der Waals surface area contributed by atoms with E-state index >= 15 is 0 Å². The van der Waals surface area contributed by atoms with Crippen LogP contribution in [0.4, 0.5) is 9.18 Å². The predicted octanol–water partition coefficient (Wildman–Crippen LogP) is 1.46. The van der Waals surface area contributed by atoms with Crippen molar-refractivity contribution in [3.8, 4) is 5.75 Å². The summed E-state index contributed by atoms with van der Waals surface area (Å²) >= 11 is 0. The van der Waals surface area contributed by atoms with Crippen LogP contribution in [0, 0.1) is 5.82 Å². The lowest BCUT2D eigenvalue weighted by Crippen LogP contribution is -2.36. The molecule has 1 atom stereocenters. The molecule has 1 aromatic carbocycles. The van der Waals surface area contributed by atoms with Gasteiger partial charge in [-0.2, -0.15) is 0 Å². The number of phenolic OH excluding ortho intramolecular Hbond substituents is 1. The van der Waals surface area contributed by atoms with Gasteiger partial charge in [-0.25, -0.2) is 9.18 Å². The number of alkyl carbamates (subject to hydrolysis) is 1. The fourth-order valence-electron chi connectivity index (χ4n) is 2.24. The third-order valence-corrected chi connectivity index (χ3v) is 3.22. The number of nitrogens with one attached hydrogen (secondary N) is 1. The van der Waals surface area contributed by atoms with Crippen molar-refractivity contribution in [1.29, 1.82) is 0 Å². The molecule has 0 bridgehead atoms. The van der Waals surface area contributed by atoms with E-state index in [9.17, 15) is 14.3 Å². The molecule has 1 amide bonds. The Labute approximate surface area is 111 Å². The maximum Gasteiger partial charge on any atom is 0.407 e. The average molecular weight is 268 g/mol. The third-order valence-electron chi connectivity index (χ3n) is 3.22. The molecule has 6 heteroatoms. The van der Waals surface area contributed by atoms with Gasteiger partial charge < -0.3 is 15.2 Å². The number of rotatable bonds is 3. The van der Waals surface area contributed by atoms with Crippen LogP contribution in [0.5, 0.6) is 5.75 Å². The molecule has 1 aromatic rings. The van der Waals surface area contributed by atoms with Gasteiger partial charge in [-0.05, 0) is 24.6 Å². The third kappa shape index (κ3) is 3.57. The fourth-order valence-corrected chi connectivity index (χ4v) is 2.24. The molecule has 0 aliphatic carbocycles. The molecule has 0 saturated carbocycles. The number of methoxy groups -OCH3 is 1. The first-order valence-corrected chi connectivity index (χ1v) is 6.12. The number of nitrogens with zero attached hydrogens (tertiary/aromatic N) is 1. The maximum atomic E-state index is 13.1. The summed E-state index contributed by atoms with van der Waals surface area (Å²) in [5.41, 5.74) is 0.554. The minimum Gasteiger partial charge on any atom is -0.508 e. The maximum absolute atomic E-state index is 13.1. The van der Waals surface area contributed by atoms with Gasteiger partial charge in [-0.15, -0.1) is 0 Å². The van der Waals surface area contributed by atoms with Crippen molar-refractivity contribution in [3.63, 3.8) is 0 Å². The topological polar surface area (TPSA) is 61.8 Å². The zero-order valence-electron chi connectivity index (χ0n) is 10.7. The van der Waals surface area contributed by atoms with Gasteiger partial charge in [-0.1, -0.05) is 0 Å². The molecule has 104 valence electrons. The lowest BCUT2D eigenvalue weighted by Gasteiger charge is -2.17. The highest BCUT2D eigenvalue weighted by Crippen LogP contribution is 2.22. The first kappa shape index (κ1) is 13.6. The highest BCUT2D eigenvalue weighted by Gasteiger charge is 2.24. The first-order chi connectivity index (χ1) is 9.08. The van der Waals surface area contributed by atoms with E-state index in [2.05, 4.69) is 15.0 Å². The van der Waals surface area contributed by atoms with Crippen LogP contribution in [0.1, 0.15) is 12.0 Å². The van der Waals surface area contributed by atoms with Crippen LogP contribution in [0.15, 0.2) is 18.2 Å². The minimum absolute atomic E-state index is 0.0307. The minimum atomic E-state index is -0.444. The van der Waals surface area contributed by atoms with Crippen molar-refractivity contribution < 1.29 is 19.0 Å². The lowest BCUT2D eigenvalue weighted by molar-refractivity contribution is 0.166. The Morgan fingerprint density at radius 3 is 3.16 bits per heavy atom. The second-order valence-electron chi connectivity index (χ2n) is 4.63. The van der Waals surface area contributed by atoms with E-state index in [0.29, 0.717) is 18.7 Å². The molecule has 0 aromatic heterocycles. The molecule has 1 fully saturated rings. The van der Waals surface area contributed by atoms with Crippen LogP contribution in [0.3, 0.4) is 0 Å². The number of aromatic hydroxyl groups is 1. The van der Waals surface area contributed by atoms with Gasteiger partial charge in [-0.3, -0.25) is 4.90 Å². The average Bonchev–Trinajstić information content (AvgIpc) is 2.81. The summed E-state index contributed by atoms with van der Waals surface area (Å²) < 4.78 is 17.7. The number of ether oxygens (including phenoxy) is 1. The van der Waals surface area contributed by atoms with E-state index in [1.165, 1.54) is 25.3 Å². The molecule has 2 N–H and O–H groups in total. The quantitative estimate of drug-likeness (QED) is 0.871. The summed E-state index contributed by atoms with van der Waals surface area (Å²) in [4.78, 5) is 13.1. The monoisotopic (exact) mass is 268 g/mol. The van der Waals surface area contributed by atoms with Crippen molar-refractivity contribution in [2.24, 2.45) is 0 Å². The van der Waals surface area contributed by atoms with Crippen LogP contribution in [-0.2, 0) is 11.3 Å². The van der Waals surface area contributed by atoms with Crippen molar-refractivity contribution in [1.82, 2.24) is 10.2 Å². The molecular formula is C13H17FN2O3. The van der Waals surface area contributed by atoms with Crippen LogP contribution in [0.2, 0.25) is 0 Å². The number of halogens is 1. The Hall–Kier alpha value is -1.82. The van der Waals surface area contributed by atoms with Crippen molar-refractivity contribution in [2.45, 2.75) is 19.0 Å². The largest absolute Gasteiger partial charge is 0.508 e. The Morgan fingerprint density at radius 1 is 1.63 bits per heavy atom. The van der Waals surface area contributed by atoms with Crippen molar-refractivity contribution in [3.05, 3.63) is 29.6 Å². The summed E-state index contributed by atoms with van der Waals surface area (Å²) in [5, 5.41) is 12.4. The van der Waals surface area contributed by atoms with Gasteiger partial charge >= 0.3 is 6.09 Å². The molecule has 1 saturated heterocycles. The molecule has 0 radical (unpaired) electrons. The Morgan fingerprint density at radius 2 is 2.42 bits per heavy atom. The zero-order valence-corrected chi connectivity index (χ0v) is 10.7. The lowest BCUT2D eigenvalue weighted by atomic mass is 10.2. The van der Waals surface area contributed by atoms with Crippen LogP contribution in [-0.4, -0.2) is 42.3 Å². The second-order valence-corrected chi connectivity index (χ2v) is 4.63. The molecular weight excluding hydrogens is 251 g/mol. The highest BCUT2D eigenvalue weighted by atomic mass is 19.1. The summed E-state index contributed by atoms with van der Waals surface area (Å²) in [6.45, 7) is 1.90. The van der Waals surface area contributed by atoms with Crippen molar-refractivity contribution in [2.75, 3.05) is 20.2 Å². The molecule has 1 aliphatic rings. The first-order valence-electron chi connectivity index (χ1n) is 6.12. The molecule has 19 heavy (non-hydrogen) atoms. The summed E-state index contributed by atoms with van der Waals surface area (Å²) in [7, 11) is 1.33. The van der Waals surface area contributed by atoms with E-state index in [1.807, 2.05) is 0 Å². The van der Waals surface area contributed by atoms with E-state index in [-0.39, 0.29) is 17.6 Å². The molecule has 1 heterocycles. The van der Waals surface area contributed by atoms with Crippen LogP contribution >= 0.6 is 0 Å². The molecule has 5 nitrogen and oxygen atoms in total. The SMILES string of the molecule is COC(=O)NC1CCN(Cc2cc(F)ccc2O)C1. The number of carbonyl (C=O) groups excluding carboxylic acids is 1. The van der Waals surface area contributed by atoms with Gasteiger partial charge in [0.05, 0.1) is 7.11 Å². The van der Waals surface area contributed by atoms with Crippen LogP contribution < -0.4 is 5.32 Å². The summed E-state index contributed by atoms with van der Waals surface area (Å²) in [6.07, 6.45) is 0.367. The highest BCUT2D eigenvalue weighted by molar-refractivity contribution is 5.67. The Bertz CT molecular complexity index is 467. The number of carbonyl (C=O) groups is 1. The second kappa shape index (κ2) is 5.88.